The number of hydrogen-bond acceptors (Lipinski definition) is 8. The van der Waals surface area contributed by atoms with Gasteiger partial charge in [0.25, 0.3) is 0 Å². The molecule has 32 heavy (non-hydrogen) atoms. The van der Waals surface area contributed by atoms with E-state index in [9.17, 15) is 0 Å². The summed E-state index contributed by atoms with van der Waals surface area (Å²) >= 11 is 1.55. The predicted octanol–water partition coefficient (Wildman–Crippen LogP) is 3.81. The van der Waals surface area contributed by atoms with Crippen LogP contribution in [-0.2, 0) is 17.0 Å². The summed E-state index contributed by atoms with van der Waals surface area (Å²) in [7, 11) is 0. The highest BCUT2D eigenvalue weighted by Crippen LogP contribution is 2.27. The third-order valence-corrected chi connectivity index (χ3v) is 6.18. The van der Waals surface area contributed by atoms with Crippen LogP contribution >= 0.6 is 11.8 Å². The zero-order valence-corrected chi connectivity index (χ0v) is 18.7. The highest BCUT2D eigenvalue weighted by Gasteiger charge is 2.21. The molecule has 0 N–H and O–H groups in total. The molecular weight excluding hydrogens is 424 g/mol. The first-order chi connectivity index (χ1) is 15.8. The van der Waals surface area contributed by atoms with Crippen molar-refractivity contribution in [3.8, 4) is 11.5 Å². The molecule has 9 heteroatoms. The van der Waals surface area contributed by atoms with Crippen LogP contribution in [0.5, 0.6) is 0 Å². The molecule has 8 nitrogen and oxygen atoms in total. The zero-order valence-electron chi connectivity index (χ0n) is 17.8. The number of rotatable bonds is 7. The smallest absolute Gasteiger partial charge is 0.247 e. The van der Waals surface area contributed by atoms with Crippen LogP contribution in [0.2, 0.25) is 0 Å². The van der Waals surface area contributed by atoms with Gasteiger partial charge in [0.2, 0.25) is 17.7 Å². The van der Waals surface area contributed by atoms with E-state index in [-0.39, 0.29) is 0 Å². The van der Waals surface area contributed by atoms with Crippen molar-refractivity contribution in [1.29, 1.82) is 0 Å². The molecule has 0 bridgehead atoms. The maximum atomic E-state index is 5.90. The first kappa shape index (κ1) is 20.7. The Morgan fingerprint density at radius 2 is 1.78 bits per heavy atom. The molecule has 5 rings (SSSR count). The molecule has 1 aliphatic rings. The average Bonchev–Trinajstić information content (AvgIpc) is 3.46. The Hall–Kier alpha value is -3.17. The van der Waals surface area contributed by atoms with Crippen LogP contribution < -0.4 is 4.90 Å². The van der Waals surface area contributed by atoms with Crippen LogP contribution in [0.15, 0.2) is 64.2 Å². The molecule has 1 fully saturated rings. The summed E-state index contributed by atoms with van der Waals surface area (Å²) in [5.41, 5.74) is 3.28. The van der Waals surface area contributed by atoms with Crippen molar-refractivity contribution in [2.75, 3.05) is 31.2 Å². The SMILES string of the molecule is Cc1cccc(-c2nnc(CSc3nnc(N4CCOCC4)n3Cc3ccccc3)o2)c1. The fourth-order valence-corrected chi connectivity index (χ4v) is 4.39. The molecule has 0 radical (unpaired) electrons. The number of aryl methyl sites for hydroxylation is 1. The summed E-state index contributed by atoms with van der Waals surface area (Å²) in [6, 6.07) is 18.4. The van der Waals surface area contributed by atoms with Gasteiger partial charge < -0.3 is 14.1 Å². The van der Waals surface area contributed by atoms with Crippen LogP contribution in [0.1, 0.15) is 17.0 Å². The monoisotopic (exact) mass is 448 g/mol. The van der Waals surface area contributed by atoms with Gasteiger partial charge >= 0.3 is 0 Å². The van der Waals surface area contributed by atoms with Crippen LogP contribution in [0, 0.1) is 6.92 Å². The standard InChI is InChI=1S/C23H24N6O2S/c1-17-6-5-9-19(14-17)21-25-24-20(31-21)16-32-23-27-26-22(28-10-12-30-13-11-28)29(23)15-18-7-3-2-4-8-18/h2-9,14H,10-13,15-16H2,1H3. The van der Waals surface area contributed by atoms with E-state index in [1.165, 1.54) is 5.56 Å². The van der Waals surface area contributed by atoms with E-state index in [4.69, 9.17) is 9.15 Å². The van der Waals surface area contributed by atoms with Gasteiger partial charge in [-0.2, -0.15) is 0 Å². The summed E-state index contributed by atoms with van der Waals surface area (Å²) in [5, 5.41) is 18.3. The summed E-state index contributed by atoms with van der Waals surface area (Å²) in [6.07, 6.45) is 0. The normalized spacial score (nSPS) is 14.1. The highest BCUT2D eigenvalue weighted by atomic mass is 32.2. The molecule has 2 aromatic heterocycles. The van der Waals surface area contributed by atoms with Gasteiger partial charge in [0, 0.05) is 18.7 Å². The van der Waals surface area contributed by atoms with Gasteiger partial charge in [0.1, 0.15) is 0 Å². The number of thioether (sulfide) groups is 1. The predicted molar refractivity (Wildman–Crippen MR) is 123 cm³/mol. The number of ether oxygens (including phenoxy) is 1. The molecule has 164 valence electrons. The number of morpholine rings is 1. The van der Waals surface area contributed by atoms with Crippen LogP contribution in [0.4, 0.5) is 5.95 Å². The lowest BCUT2D eigenvalue weighted by Crippen LogP contribution is -2.38. The fraction of sp³-hybridized carbons (Fsp3) is 0.304. The van der Waals surface area contributed by atoms with Gasteiger partial charge in [-0.3, -0.25) is 4.57 Å². The van der Waals surface area contributed by atoms with Crippen molar-refractivity contribution in [3.63, 3.8) is 0 Å². The first-order valence-corrected chi connectivity index (χ1v) is 11.6. The van der Waals surface area contributed by atoms with Gasteiger partial charge in [-0.15, -0.1) is 20.4 Å². The maximum Gasteiger partial charge on any atom is 0.247 e. The third-order valence-electron chi connectivity index (χ3n) is 5.23. The van der Waals surface area contributed by atoms with Gasteiger partial charge in [0.05, 0.1) is 25.5 Å². The van der Waals surface area contributed by atoms with Crippen LogP contribution in [0.25, 0.3) is 11.5 Å². The largest absolute Gasteiger partial charge is 0.420 e. The van der Waals surface area contributed by atoms with E-state index in [2.05, 4.69) is 42.0 Å². The second-order valence-electron chi connectivity index (χ2n) is 7.61. The molecule has 0 unspecified atom stereocenters. The van der Waals surface area contributed by atoms with Gasteiger partial charge in [0.15, 0.2) is 5.16 Å². The molecule has 0 aliphatic carbocycles. The van der Waals surface area contributed by atoms with E-state index in [1.54, 1.807) is 11.8 Å². The molecule has 0 saturated carbocycles. The van der Waals surface area contributed by atoms with Crippen LogP contribution in [-0.4, -0.2) is 51.3 Å². The third kappa shape index (κ3) is 4.68. The minimum absolute atomic E-state index is 0.523. The quantitative estimate of drug-likeness (QED) is 0.395. The summed E-state index contributed by atoms with van der Waals surface area (Å²) in [6.45, 7) is 5.75. The molecule has 1 aliphatic heterocycles. The Balaban J connectivity index is 1.35. The minimum atomic E-state index is 0.523. The average molecular weight is 449 g/mol. The van der Waals surface area contributed by atoms with E-state index in [0.29, 0.717) is 37.3 Å². The Labute approximate surface area is 190 Å². The van der Waals surface area contributed by atoms with Gasteiger partial charge in [-0.05, 0) is 24.6 Å². The molecule has 0 amide bonds. The number of hydrogen-bond donors (Lipinski definition) is 0. The van der Waals surface area contributed by atoms with E-state index in [0.717, 1.165) is 35.3 Å². The van der Waals surface area contributed by atoms with Crippen molar-refractivity contribution in [2.45, 2.75) is 24.4 Å². The zero-order chi connectivity index (χ0) is 21.8. The molecule has 1 saturated heterocycles. The Bertz CT molecular complexity index is 1170. The summed E-state index contributed by atoms with van der Waals surface area (Å²) in [4.78, 5) is 2.23. The van der Waals surface area contributed by atoms with Crippen molar-refractivity contribution in [3.05, 3.63) is 71.6 Å². The lowest BCUT2D eigenvalue weighted by Gasteiger charge is -2.28. The van der Waals surface area contributed by atoms with Crippen LogP contribution in [0.3, 0.4) is 0 Å². The van der Waals surface area contributed by atoms with E-state index in [1.807, 2.05) is 49.4 Å². The molecule has 3 heterocycles. The molecule has 2 aromatic carbocycles. The van der Waals surface area contributed by atoms with Crippen molar-refractivity contribution in [1.82, 2.24) is 25.0 Å². The summed E-state index contributed by atoms with van der Waals surface area (Å²) < 4.78 is 13.6. The Kier molecular flexibility index (Phi) is 6.17. The molecule has 0 atom stereocenters. The number of benzene rings is 2. The number of aromatic nitrogens is 5. The lowest BCUT2D eigenvalue weighted by molar-refractivity contribution is 0.121. The summed E-state index contributed by atoms with van der Waals surface area (Å²) in [5.74, 6) is 2.48. The fourth-order valence-electron chi connectivity index (χ4n) is 3.62. The molecule has 0 spiro atoms. The van der Waals surface area contributed by atoms with Gasteiger partial charge in [-0.25, -0.2) is 0 Å². The Morgan fingerprint density at radius 3 is 2.59 bits per heavy atom. The van der Waals surface area contributed by atoms with Gasteiger partial charge in [-0.1, -0.05) is 59.8 Å². The van der Waals surface area contributed by atoms with Crippen molar-refractivity contribution < 1.29 is 9.15 Å². The maximum absolute atomic E-state index is 5.90. The topological polar surface area (TPSA) is 82.1 Å². The van der Waals surface area contributed by atoms with E-state index < -0.39 is 0 Å². The second kappa shape index (κ2) is 9.54. The highest BCUT2D eigenvalue weighted by molar-refractivity contribution is 7.98. The van der Waals surface area contributed by atoms with E-state index >= 15 is 0 Å². The Morgan fingerprint density at radius 1 is 0.938 bits per heavy atom. The number of nitrogens with zero attached hydrogens (tertiary/aromatic N) is 6. The molecule has 4 aromatic rings. The minimum Gasteiger partial charge on any atom is -0.420 e. The second-order valence-corrected chi connectivity index (χ2v) is 8.56. The molecular formula is C23H24N6O2S. The number of anilines is 1. The lowest BCUT2D eigenvalue weighted by atomic mass is 10.1. The van der Waals surface area contributed by atoms with Crippen molar-refractivity contribution >= 4 is 17.7 Å². The first-order valence-electron chi connectivity index (χ1n) is 10.6. The van der Waals surface area contributed by atoms with Crippen molar-refractivity contribution in [2.24, 2.45) is 0 Å².